The molecule has 0 radical (unpaired) electrons. The van der Waals surface area contributed by atoms with Gasteiger partial charge in [0.2, 0.25) is 0 Å². The molecule has 28 rings (SSSR count). The molecule has 142 heavy (non-hydrogen) atoms. The van der Waals surface area contributed by atoms with Gasteiger partial charge in [0.1, 0.15) is 0 Å². The minimum atomic E-state index is -0.389. The number of fused-ring (bicyclic) bond motifs is 14. The molecule has 0 fully saturated rings. The molecule has 0 heterocycles. The highest BCUT2D eigenvalue weighted by Gasteiger charge is 2.24. The summed E-state index contributed by atoms with van der Waals surface area (Å²) in [5.74, 6) is 0. The van der Waals surface area contributed by atoms with Gasteiger partial charge in [-0.25, -0.2) is 0 Å². The van der Waals surface area contributed by atoms with Crippen molar-refractivity contribution in [2.75, 3.05) is 0 Å². The van der Waals surface area contributed by atoms with Crippen LogP contribution in [0.4, 0.5) is 0 Å². The number of benzene rings is 28. The van der Waals surface area contributed by atoms with Gasteiger partial charge < -0.3 is 0 Å². The molecular weight excluding hydrogens is 1710 g/mol. The standard InChI is InChI=1S/3C36H24.C34H22/c1-3-11-25(12-4-1)27-19-20-29-24-30(22-21-28(29)23-27)36-33-17-9-7-15-31(33)35(26-13-5-2-6-14-26)32-16-8-10-18-34(32)36;1-2-12-27(13-3-1)35-31-16-6-8-18-33(31)36(34-19-9-7-17-32(34)35)28-23-21-26(22-24-28)30-20-10-14-25-11-4-5-15-29(25)30;1-2-11-27(12-3-1)35-31-14-6-8-16-33(31)36(34-17-9-7-15-32(34)35)28-21-18-26(19-22-28)30-23-20-25-10-4-5-13-29(25)24-30;1-2-12-23(13-3-1)33-28-18-8-10-20-30(28)34(31-21-11-9-19-29(31)33)32-22-24-14-4-5-15-25(24)26-16-6-7-17-27(26)32/h3*1-24H;1-22H/i;1D,2D,3D,12D,13D;1D,2D,3D,11D,12D;1D,2D,3D,12D,13D. The molecule has 0 aliphatic rings. The summed E-state index contributed by atoms with van der Waals surface area (Å²) in [5.41, 5.74) is 21.2. The Kier molecular flexibility index (Phi) is 18.6. The fraction of sp³-hybridized carbons (Fsp3) is 0. The highest BCUT2D eigenvalue weighted by Crippen LogP contribution is 2.52. The van der Waals surface area contributed by atoms with Gasteiger partial charge in [-0.1, -0.05) is 546 Å². The van der Waals surface area contributed by atoms with Crippen molar-refractivity contribution in [3.05, 3.63) is 570 Å². The number of rotatable bonds is 11. The van der Waals surface area contributed by atoms with E-state index in [1.54, 1.807) is 0 Å². The van der Waals surface area contributed by atoms with Crippen LogP contribution in [0, 0.1) is 0 Å². The van der Waals surface area contributed by atoms with Crippen LogP contribution in [0.1, 0.15) is 20.6 Å². The van der Waals surface area contributed by atoms with Crippen LogP contribution < -0.4 is 0 Å². The summed E-state index contributed by atoms with van der Waals surface area (Å²) in [6.45, 7) is 0. The van der Waals surface area contributed by atoms with Crippen LogP contribution in [0.5, 0.6) is 0 Å². The minimum absolute atomic E-state index is 0.194. The van der Waals surface area contributed by atoms with E-state index in [9.17, 15) is 0 Å². The Balaban J connectivity index is 0.000000107. The summed E-state index contributed by atoms with van der Waals surface area (Å²) in [6.07, 6.45) is 0. The van der Waals surface area contributed by atoms with Crippen LogP contribution in [-0.2, 0) is 0 Å². The molecule has 0 aromatic heterocycles. The van der Waals surface area contributed by atoms with Crippen molar-refractivity contribution in [3.8, 4) is 122 Å². The Hall–Kier alpha value is -18.5. The number of hydrogen-bond acceptors (Lipinski definition) is 0. The van der Waals surface area contributed by atoms with Gasteiger partial charge in [0.25, 0.3) is 0 Å². The van der Waals surface area contributed by atoms with E-state index in [1.165, 1.54) is 104 Å². The first-order valence-corrected chi connectivity index (χ1v) is 47.9. The van der Waals surface area contributed by atoms with Gasteiger partial charge >= 0.3 is 0 Å². The third-order valence-corrected chi connectivity index (χ3v) is 27.8. The zero-order valence-corrected chi connectivity index (χ0v) is 77.1. The predicted octanol–water partition coefficient (Wildman–Crippen LogP) is 40.1. The van der Waals surface area contributed by atoms with Crippen molar-refractivity contribution in [2.45, 2.75) is 0 Å². The Morgan fingerprint density at radius 2 is 0.331 bits per heavy atom. The molecule has 0 saturated carbocycles. The van der Waals surface area contributed by atoms with Crippen molar-refractivity contribution >= 4 is 140 Å². The lowest BCUT2D eigenvalue weighted by Crippen LogP contribution is -1.92. The zero-order chi connectivity index (χ0) is 107. The molecule has 0 amide bonds. The average Bonchev–Trinajstić information content (AvgIpc) is 0.718. The second kappa shape index (κ2) is 37.6. The average molecular weight is 1820 g/mol. The van der Waals surface area contributed by atoms with Gasteiger partial charge in [0.05, 0.1) is 20.6 Å². The van der Waals surface area contributed by atoms with Crippen LogP contribution in [0.2, 0.25) is 0 Å². The number of hydrogen-bond donors (Lipinski definition) is 0. The maximum Gasteiger partial charge on any atom is 0.0629 e. The molecule has 0 aliphatic carbocycles. The van der Waals surface area contributed by atoms with Gasteiger partial charge in [-0.05, 0) is 287 Å². The summed E-state index contributed by atoms with van der Waals surface area (Å²) in [5, 5.41) is 28.0. The normalized spacial score (nSPS) is 12.9. The van der Waals surface area contributed by atoms with E-state index in [4.69, 9.17) is 20.6 Å². The van der Waals surface area contributed by atoms with Gasteiger partial charge in [-0.3, -0.25) is 0 Å². The van der Waals surface area contributed by atoms with Gasteiger partial charge in [0.15, 0.2) is 0 Å². The van der Waals surface area contributed by atoms with E-state index in [0.29, 0.717) is 16.7 Å². The van der Waals surface area contributed by atoms with E-state index in [2.05, 4.69) is 358 Å². The Morgan fingerprint density at radius 3 is 0.725 bits per heavy atom. The summed E-state index contributed by atoms with van der Waals surface area (Å²) in [7, 11) is 0. The van der Waals surface area contributed by atoms with Gasteiger partial charge in [-0.2, -0.15) is 0 Å². The van der Waals surface area contributed by atoms with E-state index < -0.39 is 0 Å². The largest absolute Gasteiger partial charge is 0.0629 e. The monoisotopic (exact) mass is 1810 g/mol. The third-order valence-electron chi connectivity index (χ3n) is 27.8. The lowest BCUT2D eigenvalue weighted by molar-refractivity contribution is 1.62. The molecule has 28 aromatic rings. The molecular formula is C142H94. The molecule has 662 valence electrons. The maximum atomic E-state index is 8.77. The Bertz CT molecular complexity index is 10400. The molecule has 28 aromatic carbocycles. The summed E-state index contributed by atoms with van der Waals surface area (Å²) >= 11 is 0. The van der Waals surface area contributed by atoms with Crippen molar-refractivity contribution in [1.82, 2.24) is 0 Å². The van der Waals surface area contributed by atoms with Crippen LogP contribution in [-0.4, -0.2) is 0 Å². The molecule has 0 atom stereocenters. The van der Waals surface area contributed by atoms with Crippen molar-refractivity contribution in [2.24, 2.45) is 0 Å². The fourth-order valence-electron chi connectivity index (χ4n) is 21.6. The topological polar surface area (TPSA) is 0 Å². The van der Waals surface area contributed by atoms with Crippen LogP contribution in [0.15, 0.2) is 570 Å². The van der Waals surface area contributed by atoms with Crippen molar-refractivity contribution < 1.29 is 20.6 Å². The predicted molar refractivity (Wildman–Crippen MR) is 613 cm³/mol. The van der Waals surface area contributed by atoms with Crippen molar-refractivity contribution in [1.29, 1.82) is 0 Å². The van der Waals surface area contributed by atoms with Crippen molar-refractivity contribution in [3.63, 3.8) is 0 Å². The van der Waals surface area contributed by atoms with E-state index in [-0.39, 0.29) is 107 Å². The lowest BCUT2D eigenvalue weighted by atomic mass is 9.84. The first-order chi connectivity index (χ1) is 76.7. The summed E-state index contributed by atoms with van der Waals surface area (Å²) in [4.78, 5) is 0. The van der Waals surface area contributed by atoms with E-state index in [1.807, 2.05) is 121 Å². The van der Waals surface area contributed by atoms with E-state index >= 15 is 0 Å². The Labute approximate surface area is 847 Å². The first kappa shape index (κ1) is 70.2. The fourth-order valence-corrected chi connectivity index (χ4v) is 21.6. The van der Waals surface area contributed by atoms with Gasteiger partial charge in [-0.15, -0.1) is 0 Å². The highest BCUT2D eigenvalue weighted by molar-refractivity contribution is 6.28. The van der Waals surface area contributed by atoms with Crippen LogP contribution >= 0.6 is 0 Å². The molecule has 0 N–H and O–H groups in total. The quantitative estimate of drug-likeness (QED) is 0.0894. The second-order valence-corrected chi connectivity index (χ2v) is 35.8. The summed E-state index contributed by atoms with van der Waals surface area (Å²) < 4.78 is 127. The van der Waals surface area contributed by atoms with Crippen LogP contribution in [0.3, 0.4) is 0 Å². The SMILES string of the molecule is [2H]c1c([2H])c([2H])c(-c2c3ccccc3c(-c3cc4ccccc4c4ccccc34)c3ccccc23)c([2H])c1[2H].[2H]c1c([2H])c([2H])c(-c2c3ccccc3c(-c3ccc(-c4ccc5ccccc5c4)cc3)c3ccccc23)c([2H])c1[2H].[2H]c1c([2H])c([2H])c(-c2c3ccccc3c(-c3ccc(-c4cccc5ccccc45)cc3)c3ccccc23)c([2H])c1[2H].c1ccc(-c2ccc3cc(-c4c5ccccc5c(-c5ccccc5)c5ccccc45)ccc3c2)cc1. The molecule has 0 aliphatic heterocycles. The van der Waals surface area contributed by atoms with Crippen LogP contribution in [0.25, 0.3) is 262 Å². The maximum absolute atomic E-state index is 8.77. The Morgan fingerprint density at radius 1 is 0.0986 bits per heavy atom. The van der Waals surface area contributed by atoms with E-state index in [0.717, 1.165) is 125 Å². The van der Waals surface area contributed by atoms with Gasteiger partial charge in [0, 0.05) is 0 Å². The molecule has 0 saturated heterocycles. The highest BCUT2D eigenvalue weighted by atomic mass is 14.3. The molecule has 0 heteroatoms. The zero-order valence-electron chi connectivity index (χ0n) is 92.1. The smallest absolute Gasteiger partial charge is 0.0622 e. The second-order valence-electron chi connectivity index (χ2n) is 35.8. The molecule has 0 spiro atoms. The molecule has 0 nitrogen and oxygen atoms in total. The molecule has 0 bridgehead atoms. The first-order valence-electron chi connectivity index (χ1n) is 55.4. The minimum Gasteiger partial charge on any atom is -0.0622 e. The third kappa shape index (κ3) is 15.8. The summed E-state index contributed by atoms with van der Waals surface area (Å²) in [6, 6.07) is 162. The molecule has 0 unspecified atom stereocenters. The lowest BCUT2D eigenvalue weighted by Gasteiger charge is -2.19.